The van der Waals surface area contributed by atoms with Crippen molar-refractivity contribution in [3.63, 3.8) is 0 Å². The zero-order valence-electron chi connectivity index (χ0n) is 17.8. The minimum atomic E-state index is -0.617. The van der Waals surface area contributed by atoms with Gasteiger partial charge in [0.05, 0.1) is 12.2 Å². The highest BCUT2D eigenvalue weighted by Crippen LogP contribution is 2.30. The molecule has 0 saturated heterocycles. The van der Waals surface area contributed by atoms with Crippen LogP contribution in [0.3, 0.4) is 0 Å². The van der Waals surface area contributed by atoms with Crippen molar-refractivity contribution in [3.05, 3.63) is 89.5 Å². The van der Waals surface area contributed by atoms with Crippen LogP contribution in [0.25, 0.3) is 0 Å². The van der Waals surface area contributed by atoms with Crippen LogP contribution >= 0.6 is 11.8 Å². The van der Waals surface area contributed by atoms with Crippen LogP contribution in [0.2, 0.25) is 0 Å². The molecule has 0 amide bonds. The second-order valence-corrected chi connectivity index (χ2v) is 8.02. The third kappa shape index (κ3) is 6.29. The van der Waals surface area contributed by atoms with Gasteiger partial charge in [-0.25, -0.2) is 4.79 Å². The summed E-state index contributed by atoms with van der Waals surface area (Å²) in [5.41, 5.74) is 1.75. The van der Waals surface area contributed by atoms with Crippen LogP contribution in [-0.4, -0.2) is 35.8 Å². The molecule has 32 heavy (non-hydrogen) atoms. The van der Waals surface area contributed by atoms with Crippen LogP contribution in [0, 0.1) is 6.92 Å². The second kappa shape index (κ2) is 11.3. The molecule has 0 aliphatic rings. The summed E-state index contributed by atoms with van der Waals surface area (Å²) in [4.78, 5) is 31.7. The Morgan fingerprint density at radius 1 is 0.969 bits per heavy atom. The van der Waals surface area contributed by atoms with Gasteiger partial charge in [0.25, 0.3) is 0 Å². The number of ether oxygens (including phenoxy) is 1. The SMILES string of the molecule is C/C(=N\OC(=O)c1ccccc1)C(=O)c1ccc(Sc2ccc(OCCO)cc2)cc1C. The summed E-state index contributed by atoms with van der Waals surface area (Å²) >= 11 is 1.56. The van der Waals surface area contributed by atoms with Gasteiger partial charge < -0.3 is 14.7 Å². The number of aliphatic hydroxyl groups is 1. The molecule has 164 valence electrons. The van der Waals surface area contributed by atoms with E-state index < -0.39 is 5.97 Å². The molecule has 6 nitrogen and oxygen atoms in total. The zero-order valence-corrected chi connectivity index (χ0v) is 18.6. The highest BCUT2D eigenvalue weighted by molar-refractivity contribution is 7.99. The molecule has 0 spiro atoms. The molecule has 7 heteroatoms. The lowest BCUT2D eigenvalue weighted by Gasteiger charge is -2.09. The molecular weight excluding hydrogens is 426 g/mol. The summed E-state index contributed by atoms with van der Waals surface area (Å²) in [5.74, 6) is -0.220. The standard InChI is InChI=1S/C25H23NO5S/c1-17-16-22(32-21-10-8-20(9-11-21)30-15-14-27)12-13-23(17)24(28)18(2)26-31-25(29)19-6-4-3-5-7-19/h3-13,16,27H,14-15H2,1-2H3/b26-18+. The Bertz CT molecular complexity index is 1110. The topological polar surface area (TPSA) is 85.2 Å². The van der Waals surface area contributed by atoms with E-state index >= 15 is 0 Å². The Labute approximate surface area is 190 Å². The van der Waals surface area contributed by atoms with Crippen LogP contribution in [0.15, 0.2) is 87.7 Å². The van der Waals surface area contributed by atoms with E-state index in [-0.39, 0.29) is 24.7 Å². The molecule has 3 rings (SSSR count). The van der Waals surface area contributed by atoms with E-state index in [0.29, 0.717) is 16.9 Å². The molecule has 0 fully saturated rings. The van der Waals surface area contributed by atoms with Crippen molar-refractivity contribution in [3.8, 4) is 5.75 Å². The fraction of sp³-hybridized carbons (Fsp3) is 0.160. The molecule has 0 unspecified atom stereocenters. The predicted molar refractivity (Wildman–Crippen MR) is 124 cm³/mol. The van der Waals surface area contributed by atoms with Crippen molar-refractivity contribution in [2.45, 2.75) is 23.6 Å². The normalized spacial score (nSPS) is 11.2. The van der Waals surface area contributed by atoms with Crippen molar-refractivity contribution >= 4 is 29.2 Å². The Morgan fingerprint density at radius 2 is 1.66 bits per heavy atom. The number of oxime groups is 1. The monoisotopic (exact) mass is 449 g/mol. The van der Waals surface area contributed by atoms with Crippen molar-refractivity contribution in [2.24, 2.45) is 5.16 Å². The summed E-state index contributed by atoms with van der Waals surface area (Å²) in [6.45, 7) is 3.60. The molecule has 0 bridgehead atoms. The molecule has 0 aliphatic heterocycles. The van der Waals surface area contributed by atoms with Gasteiger partial charge in [0.15, 0.2) is 0 Å². The van der Waals surface area contributed by atoms with Gasteiger partial charge in [-0.3, -0.25) is 4.79 Å². The fourth-order valence-corrected chi connectivity index (χ4v) is 3.75. The number of aliphatic hydroxyl groups excluding tert-OH is 1. The van der Waals surface area contributed by atoms with Crippen LogP contribution < -0.4 is 4.74 Å². The number of benzene rings is 3. The van der Waals surface area contributed by atoms with Crippen LogP contribution in [0.5, 0.6) is 5.75 Å². The molecule has 0 heterocycles. The number of Topliss-reactive ketones (excluding diaryl/α,β-unsaturated/α-hetero) is 1. The number of ketones is 1. The summed E-state index contributed by atoms with van der Waals surface area (Å²) < 4.78 is 5.36. The third-order valence-electron chi connectivity index (χ3n) is 4.47. The van der Waals surface area contributed by atoms with E-state index in [1.54, 1.807) is 48.2 Å². The van der Waals surface area contributed by atoms with Crippen molar-refractivity contribution < 1.29 is 24.3 Å². The van der Waals surface area contributed by atoms with Gasteiger partial charge in [-0.05, 0) is 74.0 Å². The van der Waals surface area contributed by atoms with E-state index in [1.807, 2.05) is 43.3 Å². The summed E-state index contributed by atoms with van der Waals surface area (Å²) in [5, 5.41) is 12.5. The molecule has 0 aromatic heterocycles. The van der Waals surface area contributed by atoms with E-state index in [9.17, 15) is 9.59 Å². The Hall–Kier alpha value is -3.42. The van der Waals surface area contributed by atoms with Gasteiger partial charge in [0.1, 0.15) is 18.1 Å². The number of hydrogen-bond donors (Lipinski definition) is 1. The van der Waals surface area contributed by atoms with Crippen molar-refractivity contribution in [2.75, 3.05) is 13.2 Å². The number of carbonyl (C=O) groups is 2. The predicted octanol–water partition coefficient (Wildman–Crippen LogP) is 4.93. The first kappa shape index (κ1) is 23.2. The van der Waals surface area contributed by atoms with E-state index in [4.69, 9.17) is 14.7 Å². The molecule has 3 aromatic rings. The molecular formula is C25H23NO5S. The molecule has 0 radical (unpaired) electrons. The Morgan fingerprint density at radius 3 is 2.31 bits per heavy atom. The molecule has 0 atom stereocenters. The maximum absolute atomic E-state index is 12.7. The Kier molecular flexibility index (Phi) is 8.19. The number of rotatable bonds is 9. The largest absolute Gasteiger partial charge is 0.491 e. The highest BCUT2D eigenvalue weighted by atomic mass is 32.2. The molecule has 0 aliphatic carbocycles. The van der Waals surface area contributed by atoms with Gasteiger partial charge in [-0.1, -0.05) is 35.1 Å². The summed E-state index contributed by atoms with van der Waals surface area (Å²) in [6.07, 6.45) is 0. The van der Waals surface area contributed by atoms with Gasteiger partial charge >= 0.3 is 5.97 Å². The first-order chi connectivity index (χ1) is 15.5. The van der Waals surface area contributed by atoms with E-state index in [1.165, 1.54) is 6.92 Å². The van der Waals surface area contributed by atoms with Gasteiger partial charge in [0.2, 0.25) is 5.78 Å². The number of carbonyl (C=O) groups excluding carboxylic acids is 2. The van der Waals surface area contributed by atoms with E-state index in [2.05, 4.69) is 5.16 Å². The van der Waals surface area contributed by atoms with Gasteiger partial charge in [-0.2, -0.15) is 0 Å². The highest BCUT2D eigenvalue weighted by Gasteiger charge is 2.15. The van der Waals surface area contributed by atoms with Gasteiger partial charge in [0, 0.05) is 15.4 Å². The van der Waals surface area contributed by atoms with Crippen molar-refractivity contribution in [1.82, 2.24) is 0 Å². The minimum Gasteiger partial charge on any atom is -0.491 e. The molecule has 3 aromatic carbocycles. The number of nitrogens with zero attached hydrogens (tertiary/aromatic N) is 1. The maximum atomic E-state index is 12.7. The van der Waals surface area contributed by atoms with Gasteiger partial charge in [-0.15, -0.1) is 0 Å². The molecule has 0 saturated carbocycles. The summed E-state index contributed by atoms with van der Waals surface area (Å²) in [6, 6.07) is 21.6. The quantitative estimate of drug-likeness (QED) is 0.216. The fourth-order valence-electron chi connectivity index (χ4n) is 2.83. The zero-order chi connectivity index (χ0) is 22.9. The lowest BCUT2D eigenvalue weighted by molar-refractivity contribution is 0.0515. The third-order valence-corrected chi connectivity index (χ3v) is 5.46. The van der Waals surface area contributed by atoms with Crippen molar-refractivity contribution in [1.29, 1.82) is 0 Å². The Balaban J connectivity index is 1.64. The first-order valence-electron chi connectivity index (χ1n) is 9.96. The number of hydrogen-bond acceptors (Lipinski definition) is 7. The lowest BCUT2D eigenvalue weighted by Crippen LogP contribution is -2.14. The average molecular weight is 450 g/mol. The molecule has 1 N–H and O–H groups in total. The van der Waals surface area contributed by atoms with Crippen LogP contribution in [-0.2, 0) is 4.84 Å². The smallest absolute Gasteiger partial charge is 0.365 e. The second-order valence-electron chi connectivity index (χ2n) is 6.87. The minimum absolute atomic E-state index is 0.0273. The summed E-state index contributed by atoms with van der Waals surface area (Å²) in [7, 11) is 0. The van der Waals surface area contributed by atoms with Crippen LogP contribution in [0.1, 0.15) is 33.2 Å². The van der Waals surface area contributed by atoms with E-state index in [0.717, 1.165) is 15.4 Å². The maximum Gasteiger partial charge on any atom is 0.365 e. The number of aryl methyl sites for hydroxylation is 1. The van der Waals surface area contributed by atoms with Crippen LogP contribution in [0.4, 0.5) is 0 Å². The average Bonchev–Trinajstić information content (AvgIpc) is 2.82. The first-order valence-corrected chi connectivity index (χ1v) is 10.8. The lowest BCUT2D eigenvalue weighted by atomic mass is 10.0.